The van der Waals surface area contributed by atoms with Gasteiger partial charge in [0.2, 0.25) is 0 Å². The predicted octanol–water partition coefficient (Wildman–Crippen LogP) is -5.53. The Morgan fingerprint density at radius 2 is 0.286 bits per heavy atom. The second-order valence-electron chi connectivity index (χ2n) is 0. The summed E-state index contributed by atoms with van der Waals surface area (Å²) in [4.78, 5) is 0. The van der Waals surface area contributed by atoms with Crippen LogP contribution in [0, 0.1) is 0 Å². The van der Waals surface area contributed by atoms with Gasteiger partial charge in [0.1, 0.15) is 0 Å². The molecule has 18 N–H and O–H groups in total. The smallest absolute Gasteiger partial charge is 0.457 e. The summed E-state index contributed by atoms with van der Waals surface area (Å²) in [6.07, 6.45) is 0. The molecule has 0 heterocycles. The SMILES string of the molecule is [OH3+].[OH3+].[OH3+].[OH3+].[OH3+].[OH3+].[Zn+2]. The van der Waals surface area contributed by atoms with E-state index in [1.165, 1.54) is 0 Å². The summed E-state index contributed by atoms with van der Waals surface area (Å²) >= 11 is 0. The molecule has 0 aliphatic carbocycles. The van der Waals surface area contributed by atoms with Crippen LogP contribution >= 0.6 is 0 Å². The average molecular weight is 180 g/mol. The molecule has 6 nitrogen and oxygen atoms in total. The Morgan fingerprint density at radius 3 is 0.286 bits per heavy atom. The van der Waals surface area contributed by atoms with Crippen LogP contribution in [-0.4, -0.2) is 0 Å². The zero-order valence-corrected chi connectivity index (χ0v) is 7.14. The molecule has 0 aliphatic rings. The predicted molar refractivity (Wildman–Crippen MR) is 29.2 cm³/mol. The quantitative estimate of drug-likeness (QED) is 0.252. The van der Waals surface area contributed by atoms with E-state index in [1.54, 1.807) is 0 Å². The molecule has 7 heavy (non-hydrogen) atoms. The van der Waals surface area contributed by atoms with E-state index in [4.69, 9.17) is 0 Å². The maximum Gasteiger partial charge on any atom is 2.00 e. The first-order valence-corrected chi connectivity index (χ1v) is 0. The zero-order chi connectivity index (χ0) is 0. The van der Waals surface area contributed by atoms with Crippen molar-refractivity contribution in [3.8, 4) is 0 Å². The van der Waals surface area contributed by atoms with Crippen molar-refractivity contribution in [2.75, 3.05) is 0 Å². The fraction of sp³-hybridized carbons (Fsp3) is 0. The van der Waals surface area contributed by atoms with E-state index >= 15 is 0 Å². The molecule has 0 rings (SSSR count). The maximum atomic E-state index is 0. The van der Waals surface area contributed by atoms with Gasteiger partial charge >= 0.3 is 19.5 Å². The van der Waals surface area contributed by atoms with Gasteiger partial charge in [-0.2, -0.15) is 0 Å². The van der Waals surface area contributed by atoms with E-state index in [0.717, 1.165) is 0 Å². The molecule has 0 saturated heterocycles. The van der Waals surface area contributed by atoms with Crippen molar-refractivity contribution in [1.82, 2.24) is 0 Å². The number of hydrogen-bond donors (Lipinski definition) is 0. The van der Waals surface area contributed by atoms with E-state index in [-0.39, 0.29) is 52.3 Å². The minimum Gasteiger partial charge on any atom is -0.457 e. The molecule has 48 valence electrons. The molecule has 0 saturated carbocycles. The summed E-state index contributed by atoms with van der Waals surface area (Å²) in [6.45, 7) is 0. The minimum atomic E-state index is 0. The Labute approximate surface area is 53.1 Å². The van der Waals surface area contributed by atoms with Crippen LogP contribution in [-0.2, 0) is 52.3 Å². The fourth-order valence-electron chi connectivity index (χ4n) is 0. The third-order valence-corrected chi connectivity index (χ3v) is 0. The van der Waals surface area contributed by atoms with Crippen LogP contribution in [0.4, 0.5) is 0 Å². The average Bonchev–Trinajstić information content (AvgIpc) is 0. The van der Waals surface area contributed by atoms with Gasteiger partial charge in [0.25, 0.3) is 0 Å². The molecule has 7 heteroatoms. The topological polar surface area (TPSA) is 198 Å². The van der Waals surface area contributed by atoms with Crippen molar-refractivity contribution < 1.29 is 52.3 Å². The minimum absolute atomic E-state index is 0. The van der Waals surface area contributed by atoms with Crippen LogP contribution in [0.15, 0.2) is 0 Å². The molecule has 0 spiro atoms. The van der Waals surface area contributed by atoms with Gasteiger partial charge in [-0.3, -0.25) is 0 Å². The van der Waals surface area contributed by atoms with Crippen LogP contribution < -0.4 is 0 Å². The molecule has 0 amide bonds. The number of rotatable bonds is 0. The van der Waals surface area contributed by atoms with E-state index in [2.05, 4.69) is 0 Å². The molecule has 0 fully saturated rings. The largest absolute Gasteiger partial charge is 2.00 e. The van der Waals surface area contributed by atoms with Gasteiger partial charge in [-0.25, -0.2) is 0 Å². The summed E-state index contributed by atoms with van der Waals surface area (Å²) in [7, 11) is 0. The van der Waals surface area contributed by atoms with Crippen LogP contribution in [0.25, 0.3) is 0 Å². The molecular formula is H18O6Zn+8. The Bertz CT molecular complexity index is 4.14. The Morgan fingerprint density at radius 1 is 0.286 bits per heavy atom. The van der Waals surface area contributed by atoms with Gasteiger partial charge in [-0.15, -0.1) is 0 Å². The second-order valence-corrected chi connectivity index (χ2v) is 0. The standard InChI is InChI=1S/6H2O.Zn/h6*1H2;/q;;;;;;+2/p+6. The molecular weight excluding hydrogens is 161 g/mol. The van der Waals surface area contributed by atoms with Gasteiger partial charge in [-0.05, 0) is 0 Å². The second kappa shape index (κ2) is 1260. The van der Waals surface area contributed by atoms with Gasteiger partial charge in [-0.1, -0.05) is 0 Å². The molecule has 0 bridgehead atoms. The first-order chi connectivity index (χ1) is 0. The summed E-state index contributed by atoms with van der Waals surface area (Å²) in [6, 6.07) is 0. The summed E-state index contributed by atoms with van der Waals surface area (Å²) in [5.41, 5.74) is 0. The Kier molecular flexibility index (Phi) is 368000. The first kappa shape index (κ1) is 2050. The van der Waals surface area contributed by atoms with Crippen molar-refractivity contribution >= 4 is 0 Å². The summed E-state index contributed by atoms with van der Waals surface area (Å²) in [5, 5.41) is 0. The van der Waals surface area contributed by atoms with Gasteiger partial charge in [0, 0.05) is 0 Å². The molecule has 0 atom stereocenters. The van der Waals surface area contributed by atoms with Crippen LogP contribution in [0.5, 0.6) is 0 Å². The van der Waals surface area contributed by atoms with E-state index in [1.807, 2.05) is 0 Å². The van der Waals surface area contributed by atoms with Gasteiger partial charge in [0.05, 0.1) is 0 Å². The van der Waals surface area contributed by atoms with E-state index in [0.29, 0.717) is 0 Å². The fourth-order valence-corrected chi connectivity index (χ4v) is 0. The number of hydrogen-bond acceptors (Lipinski definition) is 0. The Hall–Kier alpha value is 0.383. The monoisotopic (exact) mass is 178 g/mol. The normalized spacial score (nSPS) is 0. The third kappa shape index (κ3) is 834. The van der Waals surface area contributed by atoms with Crippen LogP contribution in [0.2, 0.25) is 0 Å². The van der Waals surface area contributed by atoms with Crippen molar-refractivity contribution in [3.63, 3.8) is 0 Å². The van der Waals surface area contributed by atoms with Crippen molar-refractivity contribution in [2.45, 2.75) is 0 Å². The van der Waals surface area contributed by atoms with Crippen LogP contribution in [0.3, 0.4) is 0 Å². The van der Waals surface area contributed by atoms with Crippen molar-refractivity contribution in [2.24, 2.45) is 0 Å². The molecule has 0 aliphatic heterocycles. The molecule has 0 aromatic rings. The summed E-state index contributed by atoms with van der Waals surface area (Å²) < 4.78 is 0. The molecule has 0 aromatic carbocycles. The third-order valence-electron chi connectivity index (χ3n) is 0. The summed E-state index contributed by atoms with van der Waals surface area (Å²) in [5.74, 6) is 0. The van der Waals surface area contributed by atoms with Gasteiger partial charge in [0.15, 0.2) is 0 Å². The van der Waals surface area contributed by atoms with Crippen molar-refractivity contribution in [3.05, 3.63) is 0 Å². The van der Waals surface area contributed by atoms with E-state index in [9.17, 15) is 0 Å². The molecule has 0 radical (unpaired) electrons. The van der Waals surface area contributed by atoms with E-state index < -0.39 is 0 Å². The Balaban J connectivity index is 0. The van der Waals surface area contributed by atoms with Crippen molar-refractivity contribution in [1.29, 1.82) is 0 Å². The van der Waals surface area contributed by atoms with Crippen LogP contribution in [0.1, 0.15) is 0 Å². The molecule has 0 aromatic heterocycles. The van der Waals surface area contributed by atoms with Gasteiger partial charge < -0.3 is 32.9 Å². The maximum absolute atomic E-state index is 0. The first-order valence-electron chi connectivity index (χ1n) is 0. The zero-order valence-electron chi connectivity index (χ0n) is 4.17. The molecule has 0 unspecified atom stereocenters.